The van der Waals surface area contributed by atoms with Gasteiger partial charge in [-0.2, -0.15) is 8.42 Å². The number of nitrogens with zero attached hydrogens (tertiary/aromatic N) is 1. The molecule has 2 aromatic carbocycles. The summed E-state index contributed by atoms with van der Waals surface area (Å²) in [5, 5.41) is 11.0. The van der Waals surface area contributed by atoms with E-state index >= 15 is 0 Å². The zero-order chi connectivity index (χ0) is 17.4. The monoisotopic (exact) mass is 400 g/mol. The summed E-state index contributed by atoms with van der Waals surface area (Å²) in [5.74, 6) is 0. The summed E-state index contributed by atoms with van der Waals surface area (Å²) in [5.41, 5.74) is -0.673. The van der Waals surface area contributed by atoms with Gasteiger partial charge in [0.25, 0.3) is 15.8 Å². The van der Waals surface area contributed by atoms with E-state index in [0.29, 0.717) is 6.07 Å². The molecule has 0 saturated carbocycles. The summed E-state index contributed by atoms with van der Waals surface area (Å²) in [6, 6.07) is 6.93. The van der Waals surface area contributed by atoms with E-state index in [4.69, 9.17) is 11.6 Å². The molecule has 0 aliphatic carbocycles. The quantitative estimate of drug-likeness (QED) is 0.311. The van der Waals surface area contributed by atoms with Crippen molar-refractivity contribution in [1.82, 2.24) is 0 Å². The van der Waals surface area contributed by atoms with Gasteiger partial charge in [0.2, 0.25) is 9.84 Å². The molecule has 2 aromatic rings. The van der Waals surface area contributed by atoms with E-state index in [-0.39, 0.29) is 39.5 Å². The van der Waals surface area contributed by atoms with E-state index in [9.17, 15) is 31.5 Å². The first kappa shape index (κ1) is 21.0. The van der Waals surface area contributed by atoms with Gasteiger partial charge in [0.15, 0.2) is 0 Å². The molecule has 12 heteroatoms. The third kappa shape index (κ3) is 4.33. The van der Waals surface area contributed by atoms with E-state index in [1.165, 1.54) is 12.1 Å². The zero-order valence-electron chi connectivity index (χ0n) is 12.1. The standard InChI is InChI=1S/C12H8ClNO7S2.Na/c13-8-1-4-10(5-2-8)22(17,18)11-6-3-9(14(15)16)7-12(11)23(19,20)21;/h1-7H,(H,19,20,21);/q;+1. The molecular formula is C12H8ClNNaO7S2+. The molecule has 0 spiro atoms. The minimum Gasteiger partial charge on any atom is -0.282 e. The fraction of sp³-hybridized carbons (Fsp3) is 0. The van der Waals surface area contributed by atoms with Crippen LogP contribution in [0.5, 0.6) is 0 Å². The van der Waals surface area contributed by atoms with Crippen molar-refractivity contribution in [3.8, 4) is 0 Å². The van der Waals surface area contributed by atoms with Crippen molar-refractivity contribution in [2.75, 3.05) is 0 Å². The maximum absolute atomic E-state index is 12.5. The maximum atomic E-state index is 12.5. The number of rotatable bonds is 4. The fourth-order valence-electron chi connectivity index (χ4n) is 1.77. The predicted molar refractivity (Wildman–Crippen MR) is 79.8 cm³/mol. The number of non-ortho nitro benzene ring substituents is 1. The van der Waals surface area contributed by atoms with Gasteiger partial charge in [-0.1, -0.05) is 11.6 Å². The smallest absolute Gasteiger partial charge is 0.282 e. The molecule has 0 bridgehead atoms. The van der Waals surface area contributed by atoms with Gasteiger partial charge < -0.3 is 0 Å². The Hall–Kier alpha value is -1.01. The molecule has 8 nitrogen and oxygen atoms in total. The third-order valence-corrected chi connectivity index (χ3v) is 5.93. The number of sulfone groups is 1. The average molecular weight is 401 g/mol. The van der Waals surface area contributed by atoms with Crippen LogP contribution in [0.2, 0.25) is 5.02 Å². The minimum absolute atomic E-state index is 0. The average Bonchev–Trinajstić information content (AvgIpc) is 2.46. The predicted octanol–water partition coefficient (Wildman–Crippen LogP) is -0.668. The molecule has 0 aromatic heterocycles. The van der Waals surface area contributed by atoms with E-state index in [0.717, 1.165) is 24.3 Å². The van der Waals surface area contributed by atoms with Crippen molar-refractivity contribution < 1.29 is 55.9 Å². The number of benzene rings is 2. The second-order valence-electron chi connectivity index (χ2n) is 4.32. The van der Waals surface area contributed by atoms with Crippen LogP contribution in [0.4, 0.5) is 5.69 Å². The Balaban J connectivity index is 0.00000288. The summed E-state index contributed by atoms with van der Waals surface area (Å²) < 4.78 is 57.0. The first-order valence-corrected chi connectivity index (χ1v) is 9.10. The first-order chi connectivity index (χ1) is 10.5. The number of halogens is 1. The normalized spacial score (nSPS) is 11.6. The molecule has 0 atom stereocenters. The number of hydrogen-bond acceptors (Lipinski definition) is 6. The summed E-state index contributed by atoms with van der Waals surface area (Å²) in [6.45, 7) is 0. The van der Waals surface area contributed by atoms with Crippen LogP contribution in [-0.4, -0.2) is 26.3 Å². The van der Waals surface area contributed by atoms with Crippen LogP contribution in [0.25, 0.3) is 0 Å². The van der Waals surface area contributed by atoms with Gasteiger partial charge in [-0.15, -0.1) is 0 Å². The van der Waals surface area contributed by atoms with Gasteiger partial charge in [0, 0.05) is 17.2 Å². The molecule has 0 unspecified atom stereocenters. The van der Waals surface area contributed by atoms with E-state index < -0.39 is 40.4 Å². The Morgan fingerprint density at radius 3 is 1.96 bits per heavy atom. The van der Waals surface area contributed by atoms with Gasteiger partial charge >= 0.3 is 29.6 Å². The van der Waals surface area contributed by atoms with E-state index in [1.807, 2.05) is 0 Å². The molecule has 0 amide bonds. The van der Waals surface area contributed by atoms with Crippen LogP contribution in [0.3, 0.4) is 0 Å². The van der Waals surface area contributed by atoms with Crippen LogP contribution < -0.4 is 29.6 Å². The van der Waals surface area contributed by atoms with Gasteiger partial charge in [0.05, 0.1) is 14.7 Å². The Morgan fingerprint density at radius 2 is 1.50 bits per heavy atom. The van der Waals surface area contributed by atoms with Crippen molar-refractivity contribution in [3.63, 3.8) is 0 Å². The van der Waals surface area contributed by atoms with Crippen LogP contribution in [-0.2, 0) is 20.0 Å². The van der Waals surface area contributed by atoms with Gasteiger partial charge in [-0.05, 0) is 30.3 Å². The van der Waals surface area contributed by atoms with Crippen LogP contribution >= 0.6 is 11.6 Å². The van der Waals surface area contributed by atoms with Crippen molar-refractivity contribution in [2.24, 2.45) is 0 Å². The number of nitro groups is 1. The molecule has 0 saturated heterocycles. The Bertz CT molecular complexity index is 989. The molecule has 0 aliphatic heterocycles. The molecule has 0 fully saturated rings. The fourth-order valence-corrected chi connectivity index (χ4v) is 4.46. The molecular weight excluding hydrogens is 393 g/mol. The molecule has 0 heterocycles. The Morgan fingerprint density at radius 1 is 0.958 bits per heavy atom. The van der Waals surface area contributed by atoms with Crippen molar-refractivity contribution in [2.45, 2.75) is 14.7 Å². The molecule has 24 heavy (non-hydrogen) atoms. The number of hydrogen-bond donors (Lipinski definition) is 1. The SMILES string of the molecule is O=[N+]([O-])c1ccc(S(=O)(=O)c2ccc(Cl)cc2)c(S(=O)(=O)O)c1.[Na+]. The maximum Gasteiger partial charge on any atom is 1.00 e. The first-order valence-electron chi connectivity index (χ1n) is 5.80. The second-order valence-corrected chi connectivity index (χ2v) is 8.07. The number of nitro benzene ring substituents is 1. The molecule has 1 N–H and O–H groups in total. The second kappa shape index (κ2) is 7.48. The molecule has 2 rings (SSSR count). The summed E-state index contributed by atoms with van der Waals surface area (Å²) >= 11 is 5.66. The minimum atomic E-state index is -5.00. The van der Waals surface area contributed by atoms with Crippen molar-refractivity contribution >= 4 is 37.2 Å². The summed E-state index contributed by atoms with van der Waals surface area (Å²) in [7, 11) is -9.33. The van der Waals surface area contributed by atoms with Gasteiger partial charge in [-0.25, -0.2) is 8.42 Å². The molecule has 0 aliphatic rings. The van der Waals surface area contributed by atoms with E-state index in [1.54, 1.807) is 0 Å². The Kier molecular flexibility index (Phi) is 6.56. The van der Waals surface area contributed by atoms with Crippen LogP contribution in [0.15, 0.2) is 57.2 Å². The van der Waals surface area contributed by atoms with Crippen LogP contribution in [0.1, 0.15) is 0 Å². The van der Waals surface area contributed by atoms with Crippen molar-refractivity contribution in [3.05, 3.63) is 57.6 Å². The summed E-state index contributed by atoms with van der Waals surface area (Å²) in [6.07, 6.45) is 0. The topological polar surface area (TPSA) is 132 Å². The molecule has 0 radical (unpaired) electrons. The largest absolute Gasteiger partial charge is 1.00 e. The van der Waals surface area contributed by atoms with Gasteiger partial charge in [-0.3, -0.25) is 14.7 Å². The third-order valence-electron chi connectivity index (χ3n) is 2.83. The van der Waals surface area contributed by atoms with Crippen LogP contribution in [0, 0.1) is 10.1 Å². The Labute approximate surface area is 164 Å². The molecule has 122 valence electrons. The van der Waals surface area contributed by atoms with Crippen molar-refractivity contribution in [1.29, 1.82) is 0 Å². The summed E-state index contributed by atoms with van der Waals surface area (Å²) in [4.78, 5) is 7.69. The van der Waals surface area contributed by atoms with E-state index in [2.05, 4.69) is 0 Å². The zero-order valence-corrected chi connectivity index (χ0v) is 16.5. The van der Waals surface area contributed by atoms with Gasteiger partial charge in [0.1, 0.15) is 4.90 Å².